The van der Waals surface area contributed by atoms with Gasteiger partial charge in [0.05, 0.1) is 0 Å². The minimum Gasteiger partial charge on any atom is -0.202 e. The van der Waals surface area contributed by atoms with E-state index in [1.54, 1.807) is 0 Å². The molecule has 0 unspecified atom stereocenters. The third-order valence-electron chi connectivity index (χ3n) is 4.71. The first-order valence-corrected chi connectivity index (χ1v) is 8.10. The van der Waals surface area contributed by atoms with Crippen molar-refractivity contribution in [3.8, 4) is 0 Å². The van der Waals surface area contributed by atoms with E-state index in [2.05, 4.69) is 11.9 Å². The lowest BCUT2D eigenvalue weighted by molar-refractivity contribution is 0.249. The summed E-state index contributed by atoms with van der Waals surface area (Å²) in [7, 11) is 0. The monoisotopic (exact) mass is 299 g/mol. The maximum atomic E-state index is 13.5. The molecule has 1 heterocycles. The molecule has 0 radical (unpaired) electrons. The lowest BCUT2D eigenvalue weighted by Crippen LogP contribution is -2.15. The molecule has 1 fully saturated rings. The number of hydrogen-bond donors (Lipinski definition) is 0. The van der Waals surface area contributed by atoms with Crippen LogP contribution in [0.4, 0.5) is 13.2 Å². The Morgan fingerprint density at radius 3 is 2.24 bits per heavy atom. The van der Waals surface area contributed by atoms with Gasteiger partial charge in [-0.2, -0.15) is 13.8 Å². The van der Waals surface area contributed by atoms with E-state index in [1.807, 2.05) is 0 Å². The molecule has 0 N–H and O–H groups in total. The van der Waals surface area contributed by atoms with Gasteiger partial charge in [0.2, 0.25) is 5.95 Å². The van der Waals surface area contributed by atoms with Crippen LogP contribution in [-0.2, 0) is 6.42 Å². The van der Waals surface area contributed by atoms with Gasteiger partial charge in [-0.1, -0.05) is 51.9 Å². The van der Waals surface area contributed by atoms with Crippen LogP contribution in [0.3, 0.4) is 0 Å². The third kappa shape index (κ3) is 4.72. The van der Waals surface area contributed by atoms with Crippen LogP contribution in [0.1, 0.15) is 63.9 Å². The van der Waals surface area contributed by atoms with E-state index in [1.165, 1.54) is 44.9 Å². The second kappa shape index (κ2) is 7.81. The largest absolute Gasteiger partial charge is 0.251 e. The summed E-state index contributed by atoms with van der Waals surface area (Å²) in [5.74, 6) is -1.86. The highest BCUT2D eigenvalue weighted by Gasteiger charge is 2.21. The summed E-state index contributed by atoms with van der Waals surface area (Å²) < 4.78 is 39.3. The minimum atomic E-state index is -1.35. The molecule has 0 aliphatic heterocycles. The van der Waals surface area contributed by atoms with Gasteiger partial charge in [0, 0.05) is 5.56 Å². The van der Waals surface area contributed by atoms with Crippen LogP contribution in [-0.4, -0.2) is 4.98 Å². The van der Waals surface area contributed by atoms with E-state index < -0.39 is 17.7 Å². The Labute approximate surface area is 125 Å². The van der Waals surface area contributed by atoms with Crippen LogP contribution < -0.4 is 0 Å². The molecule has 1 saturated carbocycles. The van der Waals surface area contributed by atoms with Gasteiger partial charge in [0.25, 0.3) is 5.95 Å². The number of nitrogens with zero attached hydrogens (tertiary/aromatic N) is 1. The van der Waals surface area contributed by atoms with Crippen molar-refractivity contribution in [1.82, 2.24) is 4.98 Å². The molecule has 4 heteroatoms. The molecular weight excluding hydrogens is 275 g/mol. The summed E-state index contributed by atoms with van der Waals surface area (Å²) in [5, 5.41) is 0. The highest BCUT2D eigenvalue weighted by Crippen LogP contribution is 2.34. The molecule has 1 aromatic heterocycles. The van der Waals surface area contributed by atoms with E-state index in [9.17, 15) is 13.2 Å². The fourth-order valence-corrected chi connectivity index (χ4v) is 3.32. The number of aryl methyl sites for hydroxylation is 1. The molecule has 1 aliphatic rings. The summed E-state index contributed by atoms with van der Waals surface area (Å²) in [4.78, 5) is 2.97. The van der Waals surface area contributed by atoms with Crippen LogP contribution in [0.5, 0.6) is 0 Å². The molecule has 1 nitrogen and oxygen atoms in total. The average molecular weight is 299 g/mol. The second-order valence-corrected chi connectivity index (χ2v) is 6.28. The van der Waals surface area contributed by atoms with Crippen LogP contribution in [0.2, 0.25) is 0 Å². The molecule has 118 valence electrons. The molecule has 0 aromatic carbocycles. The average Bonchev–Trinajstić information content (AvgIpc) is 2.48. The summed E-state index contributed by atoms with van der Waals surface area (Å²) in [6, 6.07) is 0.949. The van der Waals surface area contributed by atoms with Gasteiger partial charge in [-0.05, 0) is 30.7 Å². The molecule has 1 aromatic rings. The van der Waals surface area contributed by atoms with Crippen molar-refractivity contribution in [1.29, 1.82) is 0 Å². The fraction of sp³-hybridized carbons (Fsp3) is 0.706. The van der Waals surface area contributed by atoms with Gasteiger partial charge in [0.1, 0.15) is 0 Å². The van der Waals surface area contributed by atoms with Crippen LogP contribution in [0.25, 0.3) is 0 Å². The van der Waals surface area contributed by atoms with E-state index in [4.69, 9.17) is 0 Å². The molecule has 0 amide bonds. The molecule has 2 rings (SSSR count). The van der Waals surface area contributed by atoms with Crippen molar-refractivity contribution >= 4 is 0 Å². The summed E-state index contributed by atoms with van der Waals surface area (Å²) >= 11 is 0. The Kier molecular flexibility index (Phi) is 6.07. The van der Waals surface area contributed by atoms with Crippen molar-refractivity contribution in [3.05, 3.63) is 29.3 Å². The smallest absolute Gasteiger partial charge is 0.202 e. The Bertz CT molecular complexity index is 454. The maximum absolute atomic E-state index is 13.5. The van der Waals surface area contributed by atoms with Gasteiger partial charge in [-0.3, -0.25) is 0 Å². The molecule has 0 atom stereocenters. The lowest BCUT2D eigenvalue weighted by atomic mass is 9.78. The molecular formula is C17H24F3N. The summed E-state index contributed by atoms with van der Waals surface area (Å²) in [5.41, 5.74) is 0.196. The highest BCUT2D eigenvalue weighted by atomic mass is 19.2. The molecule has 1 aliphatic carbocycles. The summed E-state index contributed by atoms with van der Waals surface area (Å²) in [6.07, 6.45) is 10.0. The van der Waals surface area contributed by atoms with Crippen molar-refractivity contribution in [2.75, 3.05) is 0 Å². The number of rotatable bonds is 6. The van der Waals surface area contributed by atoms with Crippen molar-refractivity contribution in [3.63, 3.8) is 0 Å². The third-order valence-corrected chi connectivity index (χ3v) is 4.71. The first-order valence-electron chi connectivity index (χ1n) is 8.10. The zero-order valence-electron chi connectivity index (χ0n) is 12.7. The van der Waals surface area contributed by atoms with E-state index in [0.29, 0.717) is 12.3 Å². The zero-order chi connectivity index (χ0) is 15.2. The van der Waals surface area contributed by atoms with Crippen LogP contribution in [0.15, 0.2) is 6.07 Å². The second-order valence-electron chi connectivity index (χ2n) is 6.28. The van der Waals surface area contributed by atoms with Crippen LogP contribution in [0, 0.1) is 29.5 Å². The topological polar surface area (TPSA) is 12.9 Å². The number of aromatic nitrogens is 1. The number of halogens is 3. The SMILES string of the molecule is CCCC[C@H]1CC[C@H](CCc2cc(F)c(F)nc2F)CC1. The fourth-order valence-electron chi connectivity index (χ4n) is 3.32. The van der Waals surface area contributed by atoms with Gasteiger partial charge >= 0.3 is 0 Å². The highest BCUT2D eigenvalue weighted by molar-refractivity contribution is 5.13. The Morgan fingerprint density at radius 1 is 1.00 bits per heavy atom. The number of hydrogen-bond acceptors (Lipinski definition) is 1. The minimum absolute atomic E-state index is 0.196. The van der Waals surface area contributed by atoms with Crippen LogP contribution >= 0.6 is 0 Å². The number of pyridine rings is 1. The van der Waals surface area contributed by atoms with E-state index >= 15 is 0 Å². The Hall–Kier alpha value is -1.06. The van der Waals surface area contributed by atoms with Crippen molar-refractivity contribution in [2.24, 2.45) is 11.8 Å². The zero-order valence-corrected chi connectivity index (χ0v) is 12.7. The van der Waals surface area contributed by atoms with Gasteiger partial charge < -0.3 is 0 Å². The Morgan fingerprint density at radius 2 is 1.62 bits per heavy atom. The lowest BCUT2D eigenvalue weighted by Gasteiger charge is -2.28. The molecule has 21 heavy (non-hydrogen) atoms. The normalized spacial score (nSPS) is 22.5. The predicted octanol–water partition coefficient (Wildman–Crippen LogP) is 5.43. The number of unbranched alkanes of at least 4 members (excludes halogenated alkanes) is 1. The predicted molar refractivity (Wildman–Crippen MR) is 77.4 cm³/mol. The molecule has 0 saturated heterocycles. The van der Waals surface area contributed by atoms with E-state index in [-0.39, 0.29) is 5.56 Å². The maximum Gasteiger partial charge on any atom is 0.251 e. The van der Waals surface area contributed by atoms with Gasteiger partial charge in [-0.15, -0.1) is 0 Å². The van der Waals surface area contributed by atoms with Gasteiger partial charge in [0.15, 0.2) is 5.82 Å². The standard InChI is InChI=1S/C17H24F3N/c1-2-3-4-12-5-7-13(8-6-12)9-10-14-11-15(18)17(20)21-16(14)19/h11-13H,2-10H2,1H3/t12-,13-. The van der Waals surface area contributed by atoms with Crippen molar-refractivity contribution < 1.29 is 13.2 Å². The quantitative estimate of drug-likeness (QED) is 0.638. The first-order chi connectivity index (χ1) is 10.1. The van der Waals surface area contributed by atoms with Gasteiger partial charge in [-0.25, -0.2) is 4.39 Å². The van der Waals surface area contributed by atoms with Crippen molar-refractivity contribution in [2.45, 2.75) is 64.7 Å². The Balaban J connectivity index is 1.78. The molecule has 0 bridgehead atoms. The van der Waals surface area contributed by atoms with E-state index in [0.717, 1.165) is 18.4 Å². The first kappa shape index (κ1) is 16.3. The summed E-state index contributed by atoms with van der Waals surface area (Å²) in [6.45, 7) is 2.22. The molecule has 0 spiro atoms.